The predicted molar refractivity (Wildman–Crippen MR) is 82.3 cm³/mol. The molecule has 0 radical (unpaired) electrons. The van der Waals surface area contributed by atoms with Crippen LogP contribution < -0.4 is 5.32 Å². The first-order valence-corrected chi connectivity index (χ1v) is 7.63. The zero-order chi connectivity index (χ0) is 15.6. The number of aliphatic hydroxyl groups is 1. The number of nitrogens with one attached hydrogen (secondary N) is 1. The third-order valence-electron chi connectivity index (χ3n) is 4.24. The van der Waals surface area contributed by atoms with E-state index < -0.39 is 5.60 Å². The predicted octanol–water partition coefficient (Wildman–Crippen LogP) is 2.23. The van der Waals surface area contributed by atoms with Gasteiger partial charge in [0.15, 0.2) is 0 Å². The van der Waals surface area contributed by atoms with Gasteiger partial charge in [0, 0.05) is 25.6 Å². The fourth-order valence-corrected chi connectivity index (χ4v) is 2.39. The van der Waals surface area contributed by atoms with E-state index in [0.29, 0.717) is 13.1 Å². The SMILES string of the molecule is CCCCn1ncc(NC(=O)N2CC(C(C)(C)O)C2)c1C. The molecule has 0 aromatic carbocycles. The van der Waals surface area contributed by atoms with Gasteiger partial charge in [-0.1, -0.05) is 13.3 Å². The number of hydrogen-bond acceptors (Lipinski definition) is 3. The van der Waals surface area contributed by atoms with Gasteiger partial charge in [-0.2, -0.15) is 5.10 Å². The van der Waals surface area contributed by atoms with Crippen molar-refractivity contribution in [3.63, 3.8) is 0 Å². The number of carbonyl (C=O) groups is 1. The lowest BCUT2D eigenvalue weighted by atomic mass is 9.85. The Kier molecular flexibility index (Phi) is 4.56. The van der Waals surface area contributed by atoms with E-state index >= 15 is 0 Å². The molecule has 2 rings (SSSR count). The molecule has 1 fully saturated rings. The third kappa shape index (κ3) is 3.56. The Bertz CT molecular complexity index is 498. The Hall–Kier alpha value is -1.56. The van der Waals surface area contributed by atoms with Crippen LogP contribution in [0, 0.1) is 12.8 Å². The molecule has 2 heterocycles. The van der Waals surface area contributed by atoms with Crippen molar-refractivity contribution in [1.29, 1.82) is 0 Å². The highest BCUT2D eigenvalue weighted by atomic mass is 16.3. The van der Waals surface area contributed by atoms with E-state index in [4.69, 9.17) is 0 Å². The van der Waals surface area contributed by atoms with E-state index in [-0.39, 0.29) is 11.9 Å². The van der Waals surface area contributed by atoms with E-state index in [1.807, 2.05) is 11.6 Å². The maximum Gasteiger partial charge on any atom is 0.321 e. The summed E-state index contributed by atoms with van der Waals surface area (Å²) >= 11 is 0. The lowest BCUT2D eigenvalue weighted by Gasteiger charge is -2.44. The summed E-state index contributed by atoms with van der Waals surface area (Å²) in [6.07, 6.45) is 3.90. The maximum absolute atomic E-state index is 12.1. The van der Waals surface area contributed by atoms with Crippen LogP contribution in [0.1, 0.15) is 39.3 Å². The minimum Gasteiger partial charge on any atom is -0.390 e. The molecule has 21 heavy (non-hydrogen) atoms. The standard InChI is InChI=1S/C15H26N4O2/c1-5-6-7-19-11(2)13(8-16-19)17-14(20)18-9-12(10-18)15(3,4)21/h8,12,21H,5-7,9-10H2,1-4H3,(H,17,20). The molecule has 0 spiro atoms. The van der Waals surface area contributed by atoms with Gasteiger partial charge in [-0.15, -0.1) is 0 Å². The molecule has 0 atom stereocenters. The maximum atomic E-state index is 12.1. The largest absolute Gasteiger partial charge is 0.390 e. The van der Waals surface area contributed by atoms with Gasteiger partial charge in [-0.25, -0.2) is 4.79 Å². The van der Waals surface area contributed by atoms with Crippen molar-refractivity contribution in [3.05, 3.63) is 11.9 Å². The normalized spacial score (nSPS) is 16.0. The Morgan fingerprint density at radius 1 is 1.52 bits per heavy atom. The van der Waals surface area contributed by atoms with Gasteiger partial charge in [0.2, 0.25) is 0 Å². The van der Waals surface area contributed by atoms with Crippen LogP contribution in [-0.4, -0.2) is 44.5 Å². The Balaban J connectivity index is 1.88. The summed E-state index contributed by atoms with van der Waals surface area (Å²) in [5.74, 6) is 0.150. The first kappa shape index (κ1) is 15.8. The van der Waals surface area contributed by atoms with Crippen molar-refractivity contribution in [2.45, 2.75) is 52.7 Å². The summed E-state index contributed by atoms with van der Waals surface area (Å²) in [7, 11) is 0. The van der Waals surface area contributed by atoms with E-state index in [2.05, 4.69) is 17.3 Å². The van der Waals surface area contributed by atoms with Crippen LogP contribution >= 0.6 is 0 Å². The molecule has 1 aromatic rings. The fourth-order valence-electron chi connectivity index (χ4n) is 2.39. The number of nitrogens with zero attached hydrogens (tertiary/aromatic N) is 3. The highest BCUT2D eigenvalue weighted by Crippen LogP contribution is 2.27. The number of aryl methyl sites for hydroxylation is 1. The number of hydrogen-bond donors (Lipinski definition) is 2. The number of carbonyl (C=O) groups excluding carboxylic acids is 1. The summed E-state index contributed by atoms with van der Waals surface area (Å²) in [6, 6.07) is -0.117. The van der Waals surface area contributed by atoms with Crippen LogP contribution in [-0.2, 0) is 6.54 Å². The summed E-state index contributed by atoms with van der Waals surface area (Å²) < 4.78 is 1.93. The van der Waals surface area contributed by atoms with Crippen LogP contribution in [0.5, 0.6) is 0 Å². The highest BCUT2D eigenvalue weighted by Gasteiger charge is 2.39. The molecule has 2 amide bonds. The second kappa shape index (κ2) is 6.05. The van der Waals surface area contributed by atoms with Gasteiger partial charge in [-0.3, -0.25) is 4.68 Å². The molecule has 6 heteroatoms. The molecular weight excluding hydrogens is 268 g/mol. The summed E-state index contributed by atoms with van der Waals surface area (Å²) in [5, 5.41) is 17.1. The first-order chi connectivity index (χ1) is 9.82. The van der Waals surface area contributed by atoms with Gasteiger partial charge in [-0.05, 0) is 27.2 Å². The monoisotopic (exact) mass is 294 g/mol. The summed E-state index contributed by atoms with van der Waals surface area (Å²) in [6.45, 7) is 9.75. The minimum absolute atomic E-state index is 0.117. The topological polar surface area (TPSA) is 70.4 Å². The van der Waals surface area contributed by atoms with Gasteiger partial charge in [0.25, 0.3) is 0 Å². The van der Waals surface area contributed by atoms with Crippen LogP contribution in [0.25, 0.3) is 0 Å². The second-order valence-corrected chi connectivity index (χ2v) is 6.41. The number of unbranched alkanes of at least 4 members (excludes halogenated alkanes) is 1. The Morgan fingerprint density at radius 2 is 2.19 bits per heavy atom. The molecule has 0 aliphatic carbocycles. The molecule has 0 unspecified atom stereocenters. The summed E-state index contributed by atoms with van der Waals surface area (Å²) in [4.78, 5) is 13.9. The fraction of sp³-hybridized carbons (Fsp3) is 0.733. The molecule has 6 nitrogen and oxygen atoms in total. The molecule has 0 saturated carbocycles. The van der Waals surface area contributed by atoms with Crippen molar-refractivity contribution in [1.82, 2.24) is 14.7 Å². The lowest BCUT2D eigenvalue weighted by molar-refractivity contribution is -0.0440. The zero-order valence-electron chi connectivity index (χ0n) is 13.4. The third-order valence-corrected chi connectivity index (χ3v) is 4.24. The highest BCUT2D eigenvalue weighted by molar-refractivity contribution is 5.90. The number of likely N-dealkylation sites (tertiary alicyclic amines) is 1. The number of aromatic nitrogens is 2. The molecule has 2 N–H and O–H groups in total. The van der Waals surface area contributed by atoms with Gasteiger partial charge >= 0.3 is 6.03 Å². The molecule has 1 saturated heterocycles. The Labute approximate surface area is 126 Å². The van der Waals surface area contributed by atoms with Crippen LogP contribution in [0.4, 0.5) is 10.5 Å². The van der Waals surface area contributed by atoms with Gasteiger partial charge < -0.3 is 15.3 Å². The molecule has 1 aromatic heterocycles. The molecule has 1 aliphatic heterocycles. The summed E-state index contributed by atoms with van der Waals surface area (Å²) in [5.41, 5.74) is 1.02. The van der Waals surface area contributed by atoms with Crippen molar-refractivity contribution in [3.8, 4) is 0 Å². The van der Waals surface area contributed by atoms with Crippen LogP contribution in [0.2, 0.25) is 0 Å². The van der Waals surface area contributed by atoms with Crippen molar-refractivity contribution < 1.29 is 9.90 Å². The van der Waals surface area contributed by atoms with E-state index in [1.165, 1.54) is 0 Å². The quantitative estimate of drug-likeness (QED) is 0.875. The van der Waals surface area contributed by atoms with Crippen molar-refractivity contribution in [2.24, 2.45) is 5.92 Å². The Morgan fingerprint density at radius 3 is 2.76 bits per heavy atom. The smallest absolute Gasteiger partial charge is 0.321 e. The van der Waals surface area contributed by atoms with E-state index in [9.17, 15) is 9.90 Å². The number of anilines is 1. The minimum atomic E-state index is -0.724. The average Bonchev–Trinajstić information content (AvgIpc) is 2.64. The molecule has 1 aliphatic rings. The molecule has 118 valence electrons. The zero-order valence-corrected chi connectivity index (χ0v) is 13.4. The van der Waals surface area contributed by atoms with E-state index in [0.717, 1.165) is 30.8 Å². The van der Waals surface area contributed by atoms with E-state index in [1.54, 1.807) is 24.9 Å². The van der Waals surface area contributed by atoms with Crippen molar-refractivity contribution >= 4 is 11.7 Å². The lowest BCUT2D eigenvalue weighted by Crippen LogP contribution is -2.58. The molecule has 0 bridgehead atoms. The number of urea groups is 1. The first-order valence-electron chi connectivity index (χ1n) is 7.63. The second-order valence-electron chi connectivity index (χ2n) is 6.41. The van der Waals surface area contributed by atoms with Crippen molar-refractivity contribution in [2.75, 3.05) is 18.4 Å². The van der Waals surface area contributed by atoms with Gasteiger partial charge in [0.1, 0.15) is 0 Å². The molecular formula is C15H26N4O2. The van der Waals surface area contributed by atoms with Crippen LogP contribution in [0.15, 0.2) is 6.20 Å². The average molecular weight is 294 g/mol. The van der Waals surface area contributed by atoms with Gasteiger partial charge in [0.05, 0.1) is 23.2 Å². The number of rotatable bonds is 5. The number of amides is 2. The van der Waals surface area contributed by atoms with Crippen LogP contribution in [0.3, 0.4) is 0 Å².